The number of carbonyl (C=O) groups is 2. The number of benzene rings is 1. The van der Waals surface area contributed by atoms with Crippen LogP contribution < -0.4 is 11.1 Å². The number of hydrogen-bond donors (Lipinski definition) is 2. The van der Waals surface area contributed by atoms with E-state index in [9.17, 15) is 9.59 Å². The molecule has 0 atom stereocenters. The fourth-order valence-corrected chi connectivity index (χ4v) is 1.23. The number of hydrogen-bond acceptors (Lipinski definition) is 4. The van der Waals surface area contributed by atoms with Crippen LogP contribution >= 0.6 is 0 Å². The lowest BCUT2D eigenvalue weighted by atomic mass is 10.1. The summed E-state index contributed by atoms with van der Waals surface area (Å²) in [6, 6.07) is 4.74. The number of rotatable bonds is 2. The SMILES string of the molecule is COC(=O)c1ccc(C#CCNC(C)=O)c(N)c1. The number of ether oxygens (including phenoxy) is 1. The average Bonchev–Trinajstić information content (AvgIpc) is 2.34. The highest BCUT2D eigenvalue weighted by molar-refractivity contribution is 5.90. The first-order chi connectivity index (χ1) is 8.54. The Kier molecular flexibility index (Phi) is 4.76. The van der Waals surface area contributed by atoms with Crippen molar-refractivity contribution in [1.82, 2.24) is 5.32 Å². The molecule has 0 bridgehead atoms. The first-order valence-corrected chi connectivity index (χ1v) is 5.25. The predicted molar refractivity (Wildman–Crippen MR) is 67.8 cm³/mol. The predicted octanol–water partition coefficient (Wildman–Crippen LogP) is 0.543. The van der Waals surface area contributed by atoms with Gasteiger partial charge in [0.2, 0.25) is 5.91 Å². The monoisotopic (exact) mass is 246 g/mol. The van der Waals surface area contributed by atoms with E-state index in [0.717, 1.165) is 0 Å². The lowest BCUT2D eigenvalue weighted by molar-refractivity contribution is -0.118. The third-order valence-electron chi connectivity index (χ3n) is 2.12. The smallest absolute Gasteiger partial charge is 0.337 e. The Hall–Kier alpha value is -2.48. The van der Waals surface area contributed by atoms with E-state index in [4.69, 9.17) is 5.73 Å². The van der Waals surface area contributed by atoms with Crippen molar-refractivity contribution >= 4 is 17.6 Å². The van der Waals surface area contributed by atoms with Crippen molar-refractivity contribution in [3.63, 3.8) is 0 Å². The highest BCUT2D eigenvalue weighted by Crippen LogP contribution is 2.13. The summed E-state index contributed by atoms with van der Waals surface area (Å²) in [5, 5.41) is 2.55. The van der Waals surface area contributed by atoms with E-state index < -0.39 is 5.97 Å². The summed E-state index contributed by atoms with van der Waals surface area (Å²) < 4.78 is 4.58. The number of amides is 1. The Morgan fingerprint density at radius 1 is 1.44 bits per heavy atom. The molecule has 0 aromatic heterocycles. The number of nitrogens with one attached hydrogen (secondary N) is 1. The minimum atomic E-state index is -0.445. The molecule has 0 heterocycles. The molecule has 18 heavy (non-hydrogen) atoms. The van der Waals surface area contributed by atoms with Gasteiger partial charge in [-0.15, -0.1) is 0 Å². The summed E-state index contributed by atoms with van der Waals surface area (Å²) in [6.45, 7) is 1.68. The van der Waals surface area contributed by atoms with Crippen molar-refractivity contribution in [2.45, 2.75) is 6.92 Å². The van der Waals surface area contributed by atoms with Crippen molar-refractivity contribution in [2.24, 2.45) is 0 Å². The fourth-order valence-electron chi connectivity index (χ4n) is 1.23. The quantitative estimate of drug-likeness (QED) is 0.453. The van der Waals surface area contributed by atoms with E-state index in [2.05, 4.69) is 21.9 Å². The molecular weight excluding hydrogens is 232 g/mol. The zero-order chi connectivity index (χ0) is 13.5. The number of nitrogens with two attached hydrogens (primary N) is 1. The first kappa shape index (κ1) is 13.6. The van der Waals surface area contributed by atoms with Crippen LogP contribution in [0.2, 0.25) is 0 Å². The van der Waals surface area contributed by atoms with Crippen LogP contribution in [0, 0.1) is 11.8 Å². The molecule has 0 aliphatic carbocycles. The second-order valence-corrected chi connectivity index (χ2v) is 3.51. The van der Waals surface area contributed by atoms with E-state index >= 15 is 0 Å². The van der Waals surface area contributed by atoms with Gasteiger partial charge in [0.1, 0.15) is 0 Å². The maximum atomic E-state index is 11.3. The van der Waals surface area contributed by atoms with Crippen molar-refractivity contribution in [2.75, 3.05) is 19.4 Å². The van der Waals surface area contributed by atoms with Crippen LogP contribution in [-0.4, -0.2) is 25.5 Å². The minimum absolute atomic E-state index is 0.140. The second kappa shape index (κ2) is 6.30. The van der Waals surface area contributed by atoms with E-state index in [1.165, 1.54) is 20.1 Å². The number of methoxy groups -OCH3 is 1. The molecule has 94 valence electrons. The molecule has 3 N–H and O–H groups in total. The lowest BCUT2D eigenvalue weighted by Crippen LogP contribution is -2.19. The molecule has 0 aliphatic rings. The van der Waals surface area contributed by atoms with Gasteiger partial charge in [0.15, 0.2) is 0 Å². The van der Waals surface area contributed by atoms with E-state index in [-0.39, 0.29) is 12.5 Å². The summed E-state index contributed by atoms with van der Waals surface area (Å²) >= 11 is 0. The highest BCUT2D eigenvalue weighted by atomic mass is 16.5. The second-order valence-electron chi connectivity index (χ2n) is 3.51. The standard InChI is InChI=1S/C13H14N2O3/c1-9(16)15-7-3-4-10-5-6-11(8-12(10)14)13(17)18-2/h5-6,8H,7,14H2,1-2H3,(H,15,16). The molecule has 0 spiro atoms. The Morgan fingerprint density at radius 2 is 2.17 bits per heavy atom. The Morgan fingerprint density at radius 3 is 2.72 bits per heavy atom. The van der Waals surface area contributed by atoms with Crippen molar-refractivity contribution in [3.8, 4) is 11.8 Å². The molecule has 1 amide bonds. The largest absolute Gasteiger partial charge is 0.465 e. The van der Waals surface area contributed by atoms with Crippen molar-refractivity contribution < 1.29 is 14.3 Å². The van der Waals surface area contributed by atoms with Gasteiger partial charge in [-0.05, 0) is 18.2 Å². The maximum Gasteiger partial charge on any atom is 0.337 e. The Balaban J connectivity index is 2.79. The van der Waals surface area contributed by atoms with E-state index in [0.29, 0.717) is 16.8 Å². The highest BCUT2D eigenvalue weighted by Gasteiger charge is 2.06. The lowest BCUT2D eigenvalue weighted by Gasteiger charge is -2.02. The molecule has 1 aromatic rings. The van der Waals surface area contributed by atoms with Gasteiger partial charge in [0.25, 0.3) is 0 Å². The minimum Gasteiger partial charge on any atom is -0.465 e. The number of nitrogen functional groups attached to an aromatic ring is 1. The number of esters is 1. The fraction of sp³-hybridized carbons (Fsp3) is 0.231. The van der Waals surface area contributed by atoms with Gasteiger partial charge in [-0.3, -0.25) is 4.79 Å². The van der Waals surface area contributed by atoms with Crippen LogP contribution in [0.4, 0.5) is 5.69 Å². The van der Waals surface area contributed by atoms with Crippen LogP contribution in [0.1, 0.15) is 22.8 Å². The summed E-state index contributed by atoms with van der Waals surface area (Å²) in [4.78, 5) is 21.9. The molecule has 0 radical (unpaired) electrons. The van der Waals surface area contributed by atoms with Crippen LogP contribution in [0.25, 0.3) is 0 Å². The average molecular weight is 246 g/mol. The molecule has 0 fully saturated rings. The van der Waals surface area contributed by atoms with Gasteiger partial charge < -0.3 is 15.8 Å². The molecule has 1 aromatic carbocycles. The Bertz CT molecular complexity index is 527. The van der Waals surface area contributed by atoms with Crippen LogP contribution in [0.5, 0.6) is 0 Å². The van der Waals surface area contributed by atoms with Gasteiger partial charge >= 0.3 is 5.97 Å². The topological polar surface area (TPSA) is 81.4 Å². The summed E-state index contributed by atoms with van der Waals surface area (Å²) in [6.07, 6.45) is 0. The van der Waals surface area contributed by atoms with Crippen molar-refractivity contribution in [1.29, 1.82) is 0 Å². The molecular formula is C13H14N2O3. The van der Waals surface area contributed by atoms with Gasteiger partial charge in [0.05, 0.1) is 19.2 Å². The zero-order valence-corrected chi connectivity index (χ0v) is 10.2. The van der Waals surface area contributed by atoms with Gasteiger partial charge in [-0.25, -0.2) is 4.79 Å². The third kappa shape index (κ3) is 3.83. The Labute approximate surface area is 105 Å². The molecule has 0 unspecified atom stereocenters. The van der Waals surface area contributed by atoms with E-state index in [1.807, 2.05) is 0 Å². The van der Waals surface area contributed by atoms with Gasteiger partial charge in [-0.1, -0.05) is 11.8 Å². The maximum absolute atomic E-state index is 11.3. The van der Waals surface area contributed by atoms with Gasteiger partial charge in [0, 0.05) is 18.2 Å². The molecule has 0 saturated carbocycles. The molecule has 0 saturated heterocycles. The van der Waals surface area contributed by atoms with Crippen molar-refractivity contribution in [3.05, 3.63) is 29.3 Å². The van der Waals surface area contributed by atoms with Crippen LogP contribution in [0.15, 0.2) is 18.2 Å². The number of anilines is 1. The summed E-state index contributed by atoms with van der Waals surface area (Å²) in [7, 11) is 1.31. The van der Waals surface area contributed by atoms with Gasteiger partial charge in [-0.2, -0.15) is 0 Å². The molecule has 5 heteroatoms. The zero-order valence-electron chi connectivity index (χ0n) is 10.2. The molecule has 5 nitrogen and oxygen atoms in total. The van der Waals surface area contributed by atoms with Crippen LogP contribution in [-0.2, 0) is 9.53 Å². The normalized spacial score (nSPS) is 9.00. The summed E-state index contributed by atoms with van der Waals surface area (Å²) in [5.41, 5.74) is 7.14. The van der Waals surface area contributed by atoms with E-state index in [1.54, 1.807) is 12.1 Å². The van der Waals surface area contributed by atoms with Crippen LogP contribution in [0.3, 0.4) is 0 Å². The number of carbonyl (C=O) groups excluding carboxylic acids is 2. The third-order valence-corrected chi connectivity index (χ3v) is 2.12. The molecule has 0 aliphatic heterocycles. The summed E-state index contributed by atoms with van der Waals surface area (Å²) in [5.74, 6) is 4.98. The first-order valence-electron chi connectivity index (χ1n) is 5.25. The molecule has 1 rings (SSSR count).